The Hall–Kier alpha value is -6.00. The molecule has 15 nitrogen and oxygen atoms in total. The van der Waals surface area contributed by atoms with Crippen molar-refractivity contribution in [2.75, 3.05) is 13.1 Å². The smallest absolute Gasteiger partial charge is 0.312 e. The van der Waals surface area contributed by atoms with Gasteiger partial charge >= 0.3 is 6.03 Å². The van der Waals surface area contributed by atoms with E-state index in [0.29, 0.717) is 24.8 Å². The fourth-order valence-corrected chi connectivity index (χ4v) is 7.70. The second-order valence-corrected chi connectivity index (χ2v) is 16.1. The summed E-state index contributed by atoms with van der Waals surface area (Å²) in [6, 6.07) is 18.9. The Balaban J connectivity index is 1.39. The maximum absolute atomic E-state index is 14.3. The van der Waals surface area contributed by atoms with Crippen molar-refractivity contribution in [1.29, 1.82) is 0 Å². The Bertz CT molecular complexity index is 2180. The molecule has 3 unspecified atom stereocenters. The van der Waals surface area contributed by atoms with Crippen LogP contribution in [0.2, 0.25) is 0 Å². The standard InChI is InChI=1S/C42H52N8O7S/c1-3-58(56,57)49-36(24-29-12-5-4-6-13-29)41(54)50-23-10-9-17-37(50)40(53)48-35(25-31-27-45-33-15-8-7-14-32(31)33)39(52)47-34(16-11-22-44-42(43)55)38(51)46-26-30-20-18-28(2)19-21-30/h3-8,12-15,18-21,27,34-37,45,49H,1,9-11,16-17,22-26H2,2H3,(H,46,51)(H,47,52)(H,48,53)(H3,43,44,55)/t34?,35?,36?,37-/m0/s1. The highest BCUT2D eigenvalue weighted by Gasteiger charge is 2.38. The monoisotopic (exact) mass is 812 g/mol. The van der Waals surface area contributed by atoms with Crippen molar-refractivity contribution in [3.8, 4) is 0 Å². The molecule has 4 aromatic rings. The number of H-pyrrole nitrogens is 1. The van der Waals surface area contributed by atoms with Gasteiger partial charge in [-0.2, -0.15) is 4.72 Å². The molecule has 5 rings (SSSR count). The number of aryl methyl sites for hydroxylation is 1. The third-order valence-corrected chi connectivity index (χ3v) is 11.2. The summed E-state index contributed by atoms with van der Waals surface area (Å²) >= 11 is 0. The van der Waals surface area contributed by atoms with Crippen LogP contribution in [-0.4, -0.2) is 85.2 Å². The number of nitrogens with two attached hydrogens (primary N) is 1. The number of aromatic nitrogens is 1. The second kappa shape index (κ2) is 20.4. The summed E-state index contributed by atoms with van der Waals surface area (Å²) in [4.78, 5) is 72.4. The Morgan fingerprint density at radius 1 is 0.862 bits per heavy atom. The molecule has 3 aromatic carbocycles. The van der Waals surface area contributed by atoms with Crippen LogP contribution in [0.4, 0.5) is 4.79 Å². The number of carbonyl (C=O) groups excluding carboxylic acids is 5. The second-order valence-electron chi connectivity index (χ2n) is 14.4. The van der Waals surface area contributed by atoms with E-state index in [1.165, 1.54) is 4.90 Å². The van der Waals surface area contributed by atoms with Crippen molar-refractivity contribution in [2.24, 2.45) is 5.73 Å². The first kappa shape index (κ1) is 43.1. The normalized spacial score (nSPS) is 15.7. The number of aromatic amines is 1. The molecule has 1 saturated heterocycles. The molecule has 0 radical (unpaired) electrons. The van der Waals surface area contributed by atoms with E-state index in [-0.39, 0.29) is 45.3 Å². The van der Waals surface area contributed by atoms with Crippen LogP contribution in [0.15, 0.2) is 97.0 Å². The minimum Gasteiger partial charge on any atom is -0.361 e. The number of rotatable bonds is 19. The molecule has 308 valence electrons. The van der Waals surface area contributed by atoms with E-state index in [1.807, 2.05) is 61.5 Å². The fraction of sp³-hybridized carbons (Fsp3) is 0.357. The molecule has 16 heteroatoms. The summed E-state index contributed by atoms with van der Waals surface area (Å²) in [6.45, 7) is 5.90. The predicted octanol–water partition coefficient (Wildman–Crippen LogP) is 2.81. The Labute approximate surface area is 338 Å². The number of likely N-dealkylation sites (tertiary alicyclic amines) is 1. The van der Waals surface area contributed by atoms with Gasteiger partial charge in [-0.3, -0.25) is 19.2 Å². The number of nitrogens with zero attached hydrogens (tertiary/aromatic N) is 1. The number of amides is 6. The van der Waals surface area contributed by atoms with Gasteiger partial charge in [0.25, 0.3) is 0 Å². The summed E-state index contributed by atoms with van der Waals surface area (Å²) in [6.07, 6.45) is 3.77. The zero-order valence-electron chi connectivity index (χ0n) is 32.5. The molecule has 4 atom stereocenters. The van der Waals surface area contributed by atoms with Crippen LogP contribution in [0.5, 0.6) is 0 Å². The van der Waals surface area contributed by atoms with Crippen LogP contribution in [0.1, 0.15) is 54.4 Å². The minimum atomic E-state index is -4.04. The molecule has 8 N–H and O–H groups in total. The number of urea groups is 1. The van der Waals surface area contributed by atoms with E-state index >= 15 is 0 Å². The van der Waals surface area contributed by atoms with E-state index in [0.717, 1.165) is 33.0 Å². The van der Waals surface area contributed by atoms with Gasteiger partial charge in [-0.25, -0.2) is 13.2 Å². The van der Waals surface area contributed by atoms with Crippen molar-refractivity contribution < 1.29 is 32.4 Å². The van der Waals surface area contributed by atoms with Gasteiger partial charge in [0.2, 0.25) is 33.7 Å². The number of fused-ring (bicyclic) bond motifs is 1. The number of hydrogen-bond donors (Lipinski definition) is 7. The highest BCUT2D eigenvalue weighted by atomic mass is 32.2. The van der Waals surface area contributed by atoms with Crippen LogP contribution in [-0.2, 0) is 48.6 Å². The largest absolute Gasteiger partial charge is 0.361 e. The van der Waals surface area contributed by atoms with E-state index in [1.54, 1.807) is 30.5 Å². The molecule has 0 spiro atoms. The van der Waals surface area contributed by atoms with Gasteiger partial charge in [-0.1, -0.05) is 84.9 Å². The maximum Gasteiger partial charge on any atom is 0.312 e. The van der Waals surface area contributed by atoms with Crippen molar-refractivity contribution >= 4 is 50.6 Å². The average Bonchev–Trinajstić information content (AvgIpc) is 3.63. The highest BCUT2D eigenvalue weighted by molar-refractivity contribution is 7.92. The zero-order chi connectivity index (χ0) is 41.7. The molecule has 0 saturated carbocycles. The van der Waals surface area contributed by atoms with Gasteiger partial charge in [0.15, 0.2) is 0 Å². The average molecular weight is 813 g/mol. The van der Waals surface area contributed by atoms with Crippen molar-refractivity contribution in [3.05, 3.63) is 119 Å². The van der Waals surface area contributed by atoms with Gasteiger partial charge < -0.3 is 36.9 Å². The van der Waals surface area contributed by atoms with Crippen LogP contribution in [0, 0.1) is 6.92 Å². The third-order valence-electron chi connectivity index (χ3n) is 10.1. The SMILES string of the molecule is C=CS(=O)(=O)NC(Cc1ccccc1)C(=O)N1CCCC[C@H]1C(=O)NC(Cc1c[nH]c2ccccc12)C(=O)NC(CCCNC(N)=O)C(=O)NCc1ccc(C)cc1. The predicted molar refractivity (Wildman–Crippen MR) is 221 cm³/mol. The van der Waals surface area contributed by atoms with Crippen LogP contribution in [0.25, 0.3) is 10.9 Å². The summed E-state index contributed by atoms with van der Waals surface area (Å²) < 4.78 is 27.8. The van der Waals surface area contributed by atoms with Gasteiger partial charge in [0.05, 0.1) is 0 Å². The molecule has 1 aromatic heterocycles. The van der Waals surface area contributed by atoms with E-state index in [4.69, 9.17) is 5.73 Å². The van der Waals surface area contributed by atoms with Crippen molar-refractivity contribution in [2.45, 2.75) is 82.6 Å². The molecule has 0 aliphatic carbocycles. The molecular weight excluding hydrogens is 761 g/mol. The Morgan fingerprint density at radius 2 is 1.59 bits per heavy atom. The number of carbonyl (C=O) groups is 5. The van der Waals surface area contributed by atoms with Gasteiger partial charge in [0, 0.05) is 48.6 Å². The summed E-state index contributed by atoms with van der Waals surface area (Å²) in [5.41, 5.74) is 9.44. The van der Waals surface area contributed by atoms with Gasteiger partial charge in [-0.15, -0.1) is 0 Å². The Morgan fingerprint density at radius 3 is 2.31 bits per heavy atom. The van der Waals surface area contributed by atoms with Gasteiger partial charge in [-0.05, 0) is 68.2 Å². The van der Waals surface area contributed by atoms with Crippen molar-refractivity contribution in [3.63, 3.8) is 0 Å². The van der Waals surface area contributed by atoms with Crippen molar-refractivity contribution in [1.82, 2.24) is 35.9 Å². The summed E-state index contributed by atoms with van der Waals surface area (Å²) in [5.74, 6) is -2.27. The lowest BCUT2D eigenvalue weighted by Gasteiger charge is -2.37. The first-order valence-electron chi connectivity index (χ1n) is 19.3. The van der Waals surface area contributed by atoms with E-state index in [2.05, 4.69) is 37.6 Å². The third kappa shape index (κ3) is 12.2. The molecule has 58 heavy (non-hydrogen) atoms. The minimum absolute atomic E-state index is 0.0332. The topological polar surface area (TPSA) is 225 Å². The van der Waals surface area contributed by atoms with E-state index < -0.39 is 63.9 Å². The number of para-hydroxylation sites is 1. The molecule has 6 amide bonds. The molecular formula is C42H52N8O7S. The van der Waals surface area contributed by atoms with Crippen LogP contribution in [0.3, 0.4) is 0 Å². The fourth-order valence-electron chi connectivity index (χ4n) is 7.02. The van der Waals surface area contributed by atoms with Gasteiger partial charge in [0.1, 0.15) is 24.2 Å². The number of primary amides is 1. The number of benzene rings is 3. The molecule has 1 fully saturated rings. The highest BCUT2D eigenvalue weighted by Crippen LogP contribution is 2.22. The summed E-state index contributed by atoms with van der Waals surface area (Å²) in [7, 11) is -4.04. The van der Waals surface area contributed by atoms with Crippen LogP contribution >= 0.6 is 0 Å². The molecule has 1 aliphatic heterocycles. The summed E-state index contributed by atoms with van der Waals surface area (Å²) in [5, 5.41) is 12.7. The number of nitrogens with one attached hydrogen (secondary N) is 6. The Kier molecular flexibility index (Phi) is 15.2. The quantitative estimate of drug-likeness (QED) is 0.0701. The lowest BCUT2D eigenvalue weighted by Crippen LogP contribution is -2.60. The molecule has 0 bridgehead atoms. The van der Waals surface area contributed by atoms with E-state index in [9.17, 15) is 32.4 Å². The zero-order valence-corrected chi connectivity index (χ0v) is 33.4. The number of hydrogen-bond acceptors (Lipinski definition) is 7. The lowest BCUT2D eigenvalue weighted by atomic mass is 9.97. The first-order valence-corrected chi connectivity index (χ1v) is 20.9. The first-order chi connectivity index (χ1) is 27.8. The van der Waals surface area contributed by atoms with Crippen LogP contribution < -0.4 is 31.7 Å². The number of sulfonamides is 1. The molecule has 1 aliphatic rings. The number of piperidine rings is 1. The molecule has 2 heterocycles. The maximum atomic E-state index is 14.3. The lowest BCUT2D eigenvalue weighted by molar-refractivity contribution is -0.144.